The van der Waals surface area contributed by atoms with Crippen molar-refractivity contribution in [2.75, 3.05) is 0 Å². The van der Waals surface area contributed by atoms with Gasteiger partial charge in [0.25, 0.3) is 5.91 Å². The molecule has 4 bridgehead atoms. The number of carbonyl (C=O) groups excluding carboxylic acids is 1. The van der Waals surface area contributed by atoms with E-state index in [0.717, 1.165) is 32.1 Å². The van der Waals surface area contributed by atoms with Gasteiger partial charge < -0.3 is 9.73 Å². The first-order valence-electron chi connectivity index (χ1n) is 9.13. The molecule has 6 rings (SSSR count). The number of nitrogens with zero attached hydrogens (tertiary/aromatic N) is 4. The fourth-order valence-corrected chi connectivity index (χ4v) is 6.00. The van der Waals surface area contributed by atoms with Crippen LogP contribution in [0.5, 0.6) is 0 Å². The maximum absolute atomic E-state index is 12.8. The molecule has 2 unspecified atom stereocenters. The van der Waals surface area contributed by atoms with E-state index in [1.54, 1.807) is 11.7 Å². The van der Waals surface area contributed by atoms with Gasteiger partial charge in [-0.25, -0.2) is 0 Å². The van der Waals surface area contributed by atoms with Crippen molar-refractivity contribution in [2.45, 2.75) is 56.5 Å². The minimum Gasteiger partial charge on any atom is -0.456 e. The third-order valence-corrected chi connectivity index (χ3v) is 6.30. The van der Waals surface area contributed by atoms with Gasteiger partial charge in [0, 0.05) is 17.7 Å². The smallest absolute Gasteiger partial charge is 0.287 e. The molecule has 0 spiro atoms. The second-order valence-corrected chi connectivity index (χ2v) is 8.41. The topological polar surface area (TPSA) is 103 Å². The molecule has 2 aromatic heterocycles. The maximum atomic E-state index is 12.8. The zero-order valence-corrected chi connectivity index (χ0v) is 14.6. The minimum atomic E-state index is -0.311. The van der Waals surface area contributed by atoms with Crippen LogP contribution in [0.4, 0.5) is 0 Å². The highest BCUT2D eigenvalue weighted by Crippen LogP contribution is 2.60. The van der Waals surface area contributed by atoms with E-state index in [4.69, 9.17) is 4.42 Å². The Balaban J connectivity index is 1.47. The molecule has 4 saturated carbocycles. The summed E-state index contributed by atoms with van der Waals surface area (Å²) in [5.74, 6) is 1.31. The third-order valence-electron chi connectivity index (χ3n) is 6.30. The number of carbonyl (C=O) groups is 1. The van der Waals surface area contributed by atoms with Gasteiger partial charge in [-0.1, -0.05) is 0 Å². The maximum Gasteiger partial charge on any atom is 0.287 e. The van der Waals surface area contributed by atoms with Crippen LogP contribution in [0.1, 0.15) is 54.8 Å². The van der Waals surface area contributed by atoms with Crippen LogP contribution in [0.3, 0.4) is 0 Å². The van der Waals surface area contributed by atoms with Crippen molar-refractivity contribution in [1.29, 1.82) is 0 Å². The Bertz CT molecular complexity index is 905. The second-order valence-electron chi connectivity index (χ2n) is 8.41. The molecule has 1 amide bonds. The molecule has 8 heteroatoms. The Morgan fingerprint density at radius 2 is 2.04 bits per heavy atom. The summed E-state index contributed by atoms with van der Waals surface area (Å²) in [4.78, 5) is 26.3. The van der Waals surface area contributed by atoms with E-state index >= 15 is 0 Å². The zero-order valence-electron chi connectivity index (χ0n) is 14.6. The zero-order chi connectivity index (χ0) is 17.9. The first kappa shape index (κ1) is 15.7. The lowest BCUT2D eigenvalue weighted by molar-refractivity contribution is -0.0812. The molecule has 2 heterocycles. The summed E-state index contributed by atoms with van der Waals surface area (Å²) in [6, 6.07) is 2.64. The Labute approximate surface area is 150 Å². The van der Waals surface area contributed by atoms with Gasteiger partial charge in [0.05, 0.1) is 5.54 Å². The van der Waals surface area contributed by atoms with Crippen molar-refractivity contribution < 1.29 is 9.21 Å². The summed E-state index contributed by atoms with van der Waals surface area (Å²) in [5, 5.41) is 15.6. The molecule has 0 aromatic carbocycles. The van der Waals surface area contributed by atoms with Gasteiger partial charge in [0.2, 0.25) is 0 Å². The van der Waals surface area contributed by atoms with Crippen LogP contribution in [-0.4, -0.2) is 31.7 Å². The number of amides is 1. The molecule has 26 heavy (non-hydrogen) atoms. The minimum absolute atomic E-state index is 0.0821. The van der Waals surface area contributed by atoms with E-state index in [0.29, 0.717) is 17.6 Å². The fraction of sp³-hybridized carbons (Fsp3) is 0.611. The molecule has 136 valence electrons. The van der Waals surface area contributed by atoms with Crippen molar-refractivity contribution in [2.24, 2.45) is 11.8 Å². The van der Waals surface area contributed by atoms with Crippen molar-refractivity contribution in [3.8, 4) is 0 Å². The van der Waals surface area contributed by atoms with Gasteiger partial charge >= 0.3 is 0 Å². The molecule has 8 nitrogen and oxygen atoms in total. The van der Waals surface area contributed by atoms with Gasteiger partial charge in [0.1, 0.15) is 5.76 Å². The van der Waals surface area contributed by atoms with Crippen molar-refractivity contribution >= 4 is 5.91 Å². The summed E-state index contributed by atoms with van der Waals surface area (Å²) in [7, 11) is 0. The third kappa shape index (κ3) is 2.39. The van der Waals surface area contributed by atoms with E-state index in [1.807, 2.05) is 0 Å². The predicted molar refractivity (Wildman–Crippen MR) is 90.4 cm³/mol. The number of nitrogens with one attached hydrogen (secondary N) is 1. The van der Waals surface area contributed by atoms with Crippen LogP contribution in [0, 0.1) is 18.8 Å². The lowest BCUT2D eigenvalue weighted by atomic mass is 9.50. The number of tetrazole rings is 1. The van der Waals surface area contributed by atoms with E-state index in [2.05, 4.69) is 20.7 Å². The van der Waals surface area contributed by atoms with Crippen LogP contribution in [-0.2, 0) is 5.54 Å². The van der Waals surface area contributed by atoms with Crippen LogP contribution >= 0.6 is 0 Å². The number of hydrogen-bond donors (Lipinski definition) is 1. The van der Waals surface area contributed by atoms with Gasteiger partial charge in [-0.3, -0.25) is 9.59 Å². The van der Waals surface area contributed by atoms with E-state index in [-0.39, 0.29) is 28.2 Å². The molecule has 4 aliphatic carbocycles. The van der Waals surface area contributed by atoms with Gasteiger partial charge in [-0.2, -0.15) is 4.80 Å². The Morgan fingerprint density at radius 1 is 1.27 bits per heavy atom. The number of aryl methyl sites for hydroxylation is 1. The highest BCUT2D eigenvalue weighted by molar-refractivity contribution is 5.91. The van der Waals surface area contributed by atoms with Crippen LogP contribution in [0.2, 0.25) is 0 Å². The van der Waals surface area contributed by atoms with Gasteiger partial charge in [-0.15, -0.1) is 10.2 Å². The Hall–Kier alpha value is -2.51. The largest absolute Gasteiger partial charge is 0.456 e. The predicted octanol–water partition coefficient (Wildman–Crippen LogP) is 1.41. The lowest BCUT2D eigenvalue weighted by Gasteiger charge is -2.61. The molecule has 4 aliphatic rings. The number of aromatic nitrogens is 4. The molecular formula is C18H21N5O3. The molecule has 0 aliphatic heterocycles. The summed E-state index contributed by atoms with van der Waals surface area (Å²) < 4.78 is 5.48. The average molecular weight is 355 g/mol. The molecule has 4 atom stereocenters. The van der Waals surface area contributed by atoms with E-state index in [1.165, 1.54) is 24.9 Å². The Kier molecular flexibility index (Phi) is 3.17. The average Bonchev–Trinajstić information content (AvgIpc) is 3.07. The van der Waals surface area contributed by atoms with E-state index < -0.39 is 0 Å². The van der Waals surface area contributed by atoms with E-state index in [9.17, 15) is 9.59 Å². The molecule has 4 fully saturated rings. The number of rotatable bonds is 3. The van der Waals surface area contributed by atoms with Gasteiger partial charge in [0.15, 0.2) is 17.5 Å². The summed E-state index contributed by atoms with van der Waals surface area (Å²) in [5.41, 5.74) is -0.675. The van der Waals surface area contributed by atoms with Gasteiger partial charge in [-0.05, 0) is 62.5 Å². The molecular weight excluding hydrogens is 334 g/mol. The highest BCUT2D eigenvalue weighted by Gasteiger charge is 2.60. The van der Waals surface area contributed by atoms with Crippen molar-refractivity contribution in [3.63, 3.8) is 0 Å². The second kappa shape index (κ2) is 5.25. The monoisotopic (exact) mass is 355 g/mol. The lowest BCUT2D eigenvalue weighted by Crippen LogP contribution is -2.66. The molecule has 1 N–H and O–H groups in total. The summed E-state index contributed by atoms with van der Waals surface area (Å²) >= 11 is 0. The normalized spacial score (nSPS) is 34.8. The highest BCUT2D eigenvalue weighted by atomic mass is 16.3. The van der Waals surface area contributed by atoms with Crippen LogP contribution in [0.15, 0.2) is 27.7 Å². The quantitative estimate of drug-likeness (QED) is 0.893. The Morgan fingerprint density at radius 3 is 2.69 bits per heavy atom. The van der Waals surface area contributed by atoms with Crippen molar-refractivity contribution in [1.82, 2.24) is 25.5 Å². The first-order valence-corrected chi connectivity index (χ1v) is 9.13. The summed E-state index contributed by atoms with van der Waals surface area (Å²) in [6.45, 7) is 1.67. The number of hydrogen-bond acceptors (Lipinski definition) is 6. The molecule has 0 radical (unpaired) electrons. The summed E-state index contributed by atoms with van der Waals surface area (Å²) in [6.07, 6.45) is 7.47. The van der Waals surface area contributed by atoms with Crippen molar-refractivity contribution in [3.05, 3.63) is 40.2 Å². The molecule has 0 saturated heterocycles. The standard InChI is InChI=1S/C18H21N5O3/c1-11-2-14(24)4-15(26-11)16(25)21-17-5-12-3-13(6-17)8-18(7-12,9-17)23-20-10-19-22-23/h2,4,10,12-13H,3,5-9H2,1H3,(H,21,25)/t12-,13+,17?,18?. The SMILES string of the molecule is Cc1cc(=O)cc(C(=O)NC23C[C@H]4C[C@@H](C2)CC(n2ncnn2)(C4)C3)o1. The van der Waals surface area contributed by atoms with Crippen LogP contribution < -0.4 is 10.7 Å². The fourth-order valence-electron chi connectivity index (χ4n) is 6.00. The van der Waals surface area contributed by atoms with Crippen LogP contribution in [0.25, 0.3) is 0 Å². The molecule has 2 aromatic rings. The first-order chi connectivity index (χ1) is 12.5.